The molecule has 0 saturated carbocycles. The molecule has 0 aromatic heterocycles. The van der Waals surface area contributed by atoms with Crippen LogP contribution >= 0.6 is 0 Å². The summed E-state index contributed by atoms with van der Waals surface area (Å²) in [6.45, 7) is 6.82. The number of nitrogens with zero attached hydrogens (tertiary/aromatic N) is 1. The molecule has 2 fully saturated rings. The zero-order valence-electron chi connectivity index (χ0n) is 10.7. The number of carbonyl (C=O) groups is 2. The van der Waals surface area contributed by atoms with Gasteiger partial charge in [-0.05, 0) is 40.2 Å². The van der Waals surface area contributed by atoms with Crippen molar-refractivity contribution in [3.05, 3.63) is 0 Å². The van der Waals surface area contributed by atoms with Crippen molar-refractivity contribution >= 4 is 11.9 Å². The van der Waals surface area contributed by atoms with Gasteiger partial charge in [-0.2, -0.15) is 0 Å². The zero-order chi connectivity index (χ0) is 12.6. The molecule has 1 amide bonds. The van der Waals surface area contributed by atoms with E-state index in [4.69, 9.17) is 4.74 Å². The van der Waals surface area contributed by atoms with E-state index in [1.165, 1.54) is 0 Å². The van der Waals surface area contributed by atoms with Crippen LogP contribution in [0.25, 0.3) is 0 Å². The number of ether oxygens (including phenoxy) is 1. The van der Waals surface area contributed by atoms with Crippen LogP contribution in [0.3, 0.4) is 0 Å². The molecule has 5 heteroatoms. The van der Waals surface area contributed by atoms with Gasteiger partial charge in [0.1, 0.15) is 18.7 Å². The summed E-state index contributed by atoms with van der Waals surface area (Å²) in [6, 6.07) is -0.529. The van der Waals surface area contributed by atoms with Gasteiger partial charge in [0.2, 0.25) is 5.91 Å². The molecule has 5 nitrogen and oxygen atoms in total. The Morgan fingerprint density at radius 1 is 1.47 bits per heavy atom. The van der Waals surface area contributed by atoms with E-state index < -0.39 is 0 Å². The fraction of sp³-hybridized carbons (Fsp3) is 0.833. The number of nitrogens with one attached hydrogen (secondary N) is 1. The molecular formula is C12H20N2O3. The molecule has 2 saturated heterocycles. The van der Waals surface area contributed by atoms with Crippen LogP contribution in [0.5, 0.6) is 0 Å². The Morgan fingerprint density at radius 2 is 2.18 bits per heavy atom. The molecule has 1 N–H and O–H groups in total. The van der Waals surface area contributed by atoms with Gasteiger partial charge in [0.15, 0.2) is 0 Å². The molecule has 0 aromatic rings. The minimum atomic E-state index is -0.320. The summed E-state index contributed by atoms with van der Waals surface area (Å²) < 4.78 is 5.10. The minimum Gasteiger partial charge on any atom is -0.462 e. The molecule has 0 bridgehead atoms. The molecule has 1 unspecified atom stereocenters. The lowest BCUT2D eigenvalue weighted by atomic mass is 10.1. The van der Waals surface area contributed by atoms with E-state index >= 15 is 0 Å². The van der Waals surface area contributed by atoms with Gasteiger partial charge in [-0.15, -0.1) is 0 Å². The number of morpholine rings is 1. The maximum atomic E-state index is 12.1. The van der Waals surface area contributed by atoms with Crippen LogP contribution in [0, 0.1) is 0 Å². The van der Waals surface area contributed by atoms with Gasteiger partial charge in [-0.25, -0.2) is 0 Å². The van der Waals surface area contributed by atoms with Crippen molar-refractivity contribution in [2.24, 2.45) is 0 Å². The topological polar surface area (TPSA) is 58.6 Å². The third kappa shape index (κ3) is 2.60. The third-order valence-electron chi connectivity index (χ3n) is 3.15. The monoisotopic (exact) mass is 240 g/mol. The van der Waals surface area contributed by atoms with Crippen LogP contribution < -0.4 is 5.32 Å². The zero-order valence-corrected chi connectivity index (χ0v) is 10.7. The van der Waals surface area contributed by atoms with Gasteiger partial charge in [-0.1, -0.05) is 0 Å². The van der Waals surface area contributed by atoms with Crippen LogP contribution in [-0.4, -0.2) is 47.6 Å². The minimum absolute atomic E-state index is 0.0445. The molecule has 2 aliphatic rings. The van der Waals surface area contributed by atoms with Crippen molar-refractivity contribution in [1.29, 1.82) is 0 Å². The molecule has 2 aliphatic heterocycles. The van der Waals surface area contributed by atoms with Gasteiger partial charge in [-0.3, -0.25) is 14.5 Å². The highest BCUT2D eigenvalue weighted by molar-refractivity contribution is 5.86. The first-order valence-corrected chi connectivity index (χ1v) is 6.13. The van der Waals surface area contributed by atoms with Crippen molar-refractivity contribution in [2.75, 3.05) is 13.2 Å². The Labute approximate surface area is 101 Å². The summed E-state index contributed by atoms with van der Waals surface area (Å²) in [5.41, 5.74) is -0.256. The lowest BCUT2D eigenvalue weighted by molar-refractivity contribution is -0.162. The first-order chi connectivity index (χ1) is 7.88. The first-order valence-electron chi connectivity index (χ1n) is 6.13. The molecule has 0 aromatic carbocycles. The number of carbonyl (C=O) groups excluding carboxylic acids is 2. The van der Waals surface area contributed by atoms with E-state index in [2.05, 4.69) is 5.32 Å². The molecule has 0 radical (unpaired) electrons. The van der Waals surface area contributed by atoms with Gasteiger partial charge < -0.3 is 10.1 Å². The summed E-state index contributed by atoms with van der Waals surface area (Å²) >= 11 is 0. The lowest BCUT2D eigenvalue weighted by Crippen LogP contribution is -2.59. The Hall–Kier alpha value is -1.10. The number of hydrogen-bond donors (Lipinski definition) is 1. The van der Waals surface area contributed by atoms with E-state index in [-0.39, 0.29) is 36.1 Å². The van der Waals surface area contributed by atoms with Gasteiger partial charge in [0.25, 0.3) is 0 Å². The summed E-state index contributed by atoms with van der Waals surface area (Å²) in [6.07, 6.45) is 1.76. The van der Waals surface area contributed by atoms with Crippen LogP contribution in [0.1, 0.15) is 33.6 Å². The van der Waals surface area contributed by atoms with E-state index in [1.54, 1.807) is 0 Å². The molecule has 0 spiro atoms. The van der Waals surface area contributed by atoms with E-state index in [9.17, 15) is 9.59 Å². The quantitative estimate of drug-likeness (QED) is 0.669. The van der Waals surface area contributed by atoms with Crippen molar-refractivity contribution in [2.45, 2.75) is 51.2 Å². The summed E-state index contributed by atoms with van der Waals surface area (Å²) in [4.78, 5) is 25.6. The molecule has 2 atom stereocenters. The number of amides is 1. The maximum absolute atomic E-state index is 12.1. The Morgan fingerprint density at radius 3 is 2.82 bits per heavy atom. The Bertz CT molecular complexity index is 335. The van der Waals surface area contributed by atoms with Gasteiger partial charge in [0, 0.05) is 5.54 Å². The summed E-state index contributed by atoms with van der Waals surface area (Å²) in [5.74, 6) is -0.223. The molecule has 2 heterocycles. The highest BCUT2D eigenvalue weighted by Gasteiger charge is 2.44. The smallest absolute Gasteiger partial charge is 0.323 e. The standard InChI is InChI=1S/C12H20N2O3/c1-12(2,3)13-10(15)9-7-17-11(16)8-5-4-6-14(8)9/h8-9H,4-7H2,1-3H3,(H,13,15)/t8-,9?/m0/s1. The largest absolute Gasteiger partial charge is 0.462 e. The second-order valence-corrected chi connectivity index (χ2v) is 5.78. The number of cyclic esters (lactones) is 1. The second-order valence-electron chi connectivity index (χ2n) is 5.78. The SMILES string of the molecule is CC(C)(C)NC(=O)C1COC(=O)[C@@H]2CCCN12. The second kappa shape index (κ2) is 4.29. The highest BCUT2D eigenvalue weighted by atomic mass is 16.5. The summed E-state index contributed by atoms with van der Waals surface area (Å²) in [5, 5.41) is 2.94. The van der Waals surface area contributed by atoms with Crippen molar-refractivity contribution in [1.82, 2.24) is 10.2 Å². The molecule has 17 heavy (non-hydrogen) atoms. The van der Waals surface area contributed by atoms with Crippen molar-refractivity contribution in [3.8, 4) is 0 Å². The average Bonchev–Trinajstić information content (AvgIpc) is 2.64. The molecular weight excluding hydrogens is 220 g/mol. The highest BCUT2D eigenvalue weighted by Crippen LogP contribution is 2.25. The first kappa shape index (κ1) is 12.4. The van der Waals surface area contributed by atoms with Crippen molar-refractivity contribution in [3.63, 3.8) is 0 Å². The average molecular weight is 240 g/mol. The maximum Gasteiger partial charge on any atom is 0.323 e. The Balaban J connectivity index is 2.06. The summed E-state index contributed by atoms with van der Waals surface area (Å²) in [7, 11) is 0. The number of esters is 1. The van der Waals surface area contributed by atoms with Crippen LogP contribution in [-0.2, 0) is 14.3 Å². The predicted octanol–water partition coefficient (Wildman–Crippen LogP) is 0.291. The van der Waals surface area contributed by atoms with Crippen LogP contribution in [0.15, 0.2) is 0 Å². The fourth-order valence-electron chi connectivity index (χ4n) is 2.45. The van der Waals surface area contributed by atoms with Crippen LogP contribution in [0.2, 0.25) is 0 Å². The van der Waals surface area contributed by atoms with E-state index in [0.717, 1.165) is 19.4 Å². The number of rotatable bonds is 1. The van der Waals surface area contributed by atoms with Gasteiger partial charge in [0.05, 0.1) is 0 Å². The van der Waals surface area contributed by atoms with Crippen LogP contribution in [0.4, 0.5) is 0 Å². The molecule has 0 aliphatic carbocycles. The van der Waals surface area contributed by atoms with E-state index in [1.807, 2.05) is 25.7 Å². The van der Waals surface area contributed by atoms with E-state index in [0.29, 0.717) is 0 Å². The third-order valence-corrected chi connectivity index (χ3v) is 3.15. The van der Waals surface area contributed by atoms with Crippen molar-refractivity contribution < 1.29 is 14.3 Å². The van der Waals surface area contributed by atoms with Gasteiger partial charge >= 0.3 is 5.97 Å². The number of hydrogen-bond acceptors (Lipinski definition) is 4. The number of fused-ring (bicyclic) bond motifs is 1. The normalized spacial score (nSPS) is 29.7. The fourth-order valence-corrected chi connectivity index (χ4v) is 2.45. The lowest BCUT2D eigenvalue weighted by Gasteiger charge is -2.36. The predicted molar refractivity (Wildman–Crippen MR) is 62.4 cm³/mol. The molecule has 96 valence electrons. The molecule has 2 rings (SSSR count). The Kier molecular flexibility index (Phi) is 3.12.